The molecule has 116 valence electrons. The highest BCUT2D eigenvalue weighted by molar-refractivity contribution is 6.70. The first-order valence-electron chi connectivity index (χ1n) is 7.92. The molecule has 0 aliphatic heterocycles. The molecule has 0 saturated heterocycles. The second-order valence-corrected chi connectivity index (χ2v) is 10.7. The molecule has 0 aliphatic carbocycles. The van der Waals surface area contributed by atoms with Crippen molar-refractivity contribution in [1.29, 1.82) is 0 Å². The van der Waals surface area contributed by atoms with Gasteiger partial charge in [0.2, 0.25) is 0 Å². The summed E-state index contributed by atoms with van der Waals surface area (Å²) in [6, 6.07) is 1.12. The molecule has 19 heavy (non-hydrogen) atoms. The van der Waals surface area contributed by atoms with E-state index in [4.69, 9.17) is 8.85 Å². The zero-order valence-corrected chi connectivity index (χ0v) is 15.5. The molecule has 1 unspecified atom stereocenters. The molecule has 0 rings (SSSR count). The Morgan fingerprint density at radius 1 is 0.947 bits per heavy atom. The molecule has 0 fully saturated rings. The van der Waals surface area contributed by atoms with Crippen molar-refractivity contribution in [2.45, 2.75) is 78.3 Å². The summed E-state index contributed by atoms with van der Waals surface area (Å²) < 4.78 is 12.1. The third-order valence-electron chi connectivity index (χ3n) is 4.96. The maximum absolute atomic E-state index is 6.05. The zero-order chi connectivity index (χ0) is 15.1. The predicted molar refractivity (Wildman–Crippen MR) is 86.8 cm³/mol. The highest BCUT2D eigenvalue weighted by Crippen LogP contribution is 2.48. The van der Waals surface area contributed by atoms with E-state index in [0.29, 0.717) is 0 Å². The highest BCUT2D eigenvalue weighted by atomic mass is 28.4. The minimum Gasteiger partial charge on any atom is -0.397 e. The summed E-state index contributed by atoms with van der Waals surface area (Å²) in [5.41, 5.74) is 0. The topological polar surface area (TPSA) is 18.5 Å². The van der Waals surface area contributed by atoms with E-state index >= 15 is 0 Å². The van der Waals surface area contributed by atoms with Gasteiger partial charge in [0.05, 0.1) is 0 Å². The van der Waals surface area contributed by atoms with Crippen molar-refractivity contribution in [2.75, 3.05) is 14.2 Å². The Balaban J connectivity index is 5.12. The van der Waals surface area contributed by atoms with Crippen LogP contribution in [-0.4, -0.2) is 22.8 Å². The van der Waals surface area contributed by atoms with E-state index in [9.17, 15) is 0 Å². The summed E-state index contributed by atoms with van der Waals surface area (Å²) in [7, 11) is 1.56. The summed E-state index contributed by atoms with van der Waals surface area (Å²) >= 11 is 0. The lowest BCUT2D eigenvalue weighted by Crippen LogP contribution is -2.51. The van der Waals surface area contributed by atoms with Crippen LogP contribution in [0.4, 0.5) is 0 Å². The quantitative estimate of drug-likeness (QED) is 0.503. The Hall–Kier alpha value is 0.137. The van der Waals surface area contributed by atoms with Crippen molar-refractivity contribution in [1.82, 2.24) is 0 Å². The summed E-state index contributed by atoms with van der Waals surface area (Å²) in [4.78, 5) is 0. The molecule has 0 radical (unpaired) electrons. The first-order chi connectivity index (χ1) is 8.82. The summed E-state index contributed by atoms with van der Waals surface area (Å²) in [5.74, 6) is 1.46. The van der Waals surface area contributed by atoms with E-state index in [1.54, 1.807) is 0 Å². The van der Waals surface area contributed by atoms with Gasteiger partial charge in [0.25, 0.3) is 0 Å². The van der Waals surface area contributed by atoms with Crippen molar-refractivity contribution in [3.05, 3.63) is 0 Å². The Morgan fingerprint density at radius 3 is 1.74 bits per heavy atom. The van der Waals surface area contributed by atoms with Gasteiger partial charge >= 0.3 is 8.56 Å². The van der Waals surface area contributed by atoms with E-state index < -0.39 is 8.56 Å². The van der Waals surface area contributed by atoms with Crippen LogP contribution in [0.15, 0.2) is 0 Å². The second kappa shape index (κ2) is 8.43. The molecule has 0 N–H and O–H groups in total. The lowest BCUT2D eigenvalue weighted by atomic mass is 9.96. The number of rotatable bonds is 10. The van der Waals surface area contributed by atoms with Gasteiger partial charge in [0, 0.05) is 19.3 Å². The average molecular weight is 289 g/mol. The van der Waals surface area contributed by atoms with Crippen molar-refractivity contribution < 1.29 is 8.85 Å². The summed E-state index contributed by atoms with van der Waals surface area (Å²) in [6.07, 6.45) is 4.86. The normalized spacial score (nSPS) is 15.0. The second-order valence-electron chi connectivity index (χ2n) is 6.65. The van der Waals surface area contributed by atoms with Gasteiger partial charge in [0.1, 0.15) is 0 Å². The molecule has 0 aromatic heterocycles. The Kier molecular flexibility index (Phi) is 8.49. The Morgan fingerprint density at radius 2 is 1.42 bits per heavy atom. The zero-order valence-electron chi connectivity index (χ0n) is 14.5. The fraction of sp³-hybridized carbons (Fsp3) is 1.00. The van der Waals surface area contributed by atoms with Gasteiger partial charge in [-0.05, 0) is 24.3 Å². The lowest BCUT2D eigenvalue weighted by molar-refractivity contribution is 0.190. The van der Waals surface area contributed by atoms with Crippen LogP contribution >= 0.6 is 0 Å². The molecular formula is C16H36O2Si. The molecule has 1 atom stereocenters. The van der Waals surface area contributed by atoms with Gasteiger partial charge in [-0.15, -0.1) is 0 Å². The smallest absolute Gasteiger partial charge is 0.343 e. The lowest BCUT2D eigenvalue weighted by Gasteiger charge is -2.44. The molecule has 0 amide bonds. The third-order valence-corrected chi connectivity index (χ3v) is 9.66. The fourth-order valence-corrected chi connectivity index (χ4v) is 7.36. The van der Waals surface area contributed by atoms with Crippen LogP contribution < -0.4 is 0 Å². The van der Waals surface area contributed by atoms with E-state index in [0.717, 1.165) is 17.9 Å². The molecule has 0 aromatic carbocycles. The monoisotopic (exact) mass is 288 g/mol. The number of hydrogen-bond donors (Lipinski definition) is 0. The van der Waals surface area contributed by atoms with E-state index in [-0.39, 0.29) is 5.04 Å². The Bertz CT molecular complexity index is 233. The van der Waals surface area contributed by atoms with Crippen LogP contribution in [0.1, 0.15) is 67.2 Å². The van der Waals surface area contributed by atoms with Crippen LogP contribution in [-0.2, 0) is 8.85 Å². The van der Waals surface area contributed by atoms with Gasteiger partial charge in [-0.1, -0.05) is 60.8 Å². The minimum atomic E-state index is -2.16. The van der Waals surface area contributed by atoms with E-state index in [1.165, 1.54) is 25.7 Å². The van der Waals surface area contributed by atoms with Crippen molar-refractivity contribution in [2.24, 2.45) is 11.8 Å². The first-order valence-corrected chi connectivity index (χ1v) is 9.95. The standard InChI is InChI=1S/C16H36O2Si/c1-9-14(4)12-16(5,6)19(17-7,18-8)13-15(10-2)11-3/h14-15H,9-13H2,1-8H3. The molecule has 0 saturated carbocycles. The average Bonchev–Trinajstić information content (AvgIpc) is 2.39. The molecule has 0 aromatic rings. The van der Waals surface area contributed by atoms with E-state index in [2.05, 4.69) is 41.5 Å². The molecule has 0 spiro atoms. The summed E-state index contributed by atoms with van der Waals surface area (Å²) in [5, 5.41) is 0.161. The first kappa shape index (κ1) is 19.1. The minimum absolute atomic E-state index is 0.161. The third kappa shape index (κ3) is 4.87. The maximum atomic E-state index is 6.05. The number of hydrogen-bond acceptors (Lipinski definition) is 2. The molecular weight excluding hydrogens is 252 g/mol. The van der Waals surface area contributed by atoms with Gasteiger partial charge in [0.15, 0.2) is 0 Å². The molecule has 0 bridgehead atoms. The SMILES string of the molecule is CCC(C)CC(C)(C)[Si](CC(CC)CC)(OC)OC. The maximum Gasteiger partial charge on any atom is 0.343 e. The predicted octanol–water partition coefficient (Wildman–Crippen LogP) is 5.37. The van der Waals surface area contributed by atoms with Crippen molar-refractivity contribution in [3.63, 3.8) is 0 Å². The fourth-order valence-electron chi connectivity index (χ4n) is 3.21. The van der Waals surface area contributed by atoms with Crippen LogP contribution in [0, 0.1) is 11.8 Å². The van der Waals surface area contributed by atoms with Gasteiger partial charge in [-0.2, -0.15) is 0 Å². The van der Waals surface area contributed by atoms with Gasteiger partial charge < -0.3 is 8.85 Å². The van der Waals surface area contributed by atoms with Crippen LogP contribution in [0.5, 0.6) is 0 Å². The molecule has 2 nitrogen and oxygen atoms in total. The van der Waals surface area contributed by atoms with E-state index in [1.807, 2.05) is 14.2 Å². The highest BCUT2D eigenvalue weighted by Gasteiger charge is 2.51. The summed E-state index contributed by atoms with van der Waals surface area (Å²) in [6.45, 7) is 13.9. The van der Waals surface area contributed by atoms with Crippen molar-refractivity contribution in [3.8, 4) is 0 Å². The largest absolute Gasteiger partial charge is 0.397 e. The molecule has 0 heterocycles. The Labute approximate surface area is 122 Å². The van der Waals surface area contributed by atoms with Crippen LogP contribution in [0.3, 0.4) is 0 Å². The van der Waals surface area contributed by atoms with Crippen LogP contribution in [0.25, 0.3) is 0 Å². The van der Waals surface area contributed by atoms with Crippen LogP contribution in [0.2, 0.25) is 11.1 Å². The molecule has 0 aliphatic rings. The molecule has 3 heteroatoms. The van der Waals surface area contributed by atoms with Gasteiger partial charge in [-0.3, -0.25) is 0 Å². The van der Waals surface area contributed by atoms with Gasteiger partial charge in [-0.25, -0.2) is 0 Å². The van der Waals surface area contributed by atoms with Crippen molar-refractivity contribution >= 4 is 8.56 Å².